The molecule has 1 N–H and O–H groups in total. The van der Waals surface area contributed by atoms with E-state index in [1.165, 1.54) is 0 Å². The quantitative estimate of drug-likeness (QED) is 0.736. The number of carbonyl (C=O) groups is 1. The van der Waals surface area contributed by atoms with E-state index in [4.69, 9.17) is 4.74 Å². The SMILES string of the molecule is CCOC(=O)C1(NC(C)CC)CCN(CC)CC1. The van der Waals surface area contributed by atoms with E-state index in [2.05, 4.69) is 31.0 Å². The van der Waals surface area contributed by atoms with Crippen molar-refractivity contribution in [2.75, 3.05) is 26.2 Å². The van der Waals surface area contributed by atoms with Crippen LogP contribution in [0.3, 0.4) is 0 Å². The lowest BCUT2D eigenvalue weighted by Gasteiger charge is -2.41. The van der Waals surface area contributed by atoms with Gasteiger partial charge in [0, 0.05) is 19.1 Å². The number of ether oxygens (including phenoxy) is 1. The zero-order valence-corrected chi connectivity index (χ0v) is 12.3. The molecule has 1 heterocycles. The highest BCUT2D eigenvalue weighted by Gasteiger charge is 2.42. The molecule has 4 heteroatoms. The standard InChI is InChI=1S/C14H28N2O2/c1-5-12(4)15-14(13(17)18-7-3)8-10-16(6-2)11-9-14/h12,15H,5-11H2,1-4H3. The molecule has 18 heavy (non-hydrogen) atoms. The molecule has 1 aliphatic heterocycles. The van der Waals surface area contributed by atoms with Gasteiger partial charge in [-0.15, -0.1) is 0 Å². The van der Waals surface area contributed by atoms with Crippen LogP contribution >= 0.6 is 0 Å². The van der Waals surface area contributed by atoms with E-state index in [0.29, 0.717) is 12.6 Å². The Morgan fingerprint density at radius 3 is 2.39 bits per heavy atom. The van der Waals surface area contributed by atoms with Gasteiger partial charge in [0.15, 0.2) is 0 Å². The number of hydrogen-bond donors (Lipinski definition) is 1. The highest BCUT2D eigenvalue weighted by Crippen LogP contribution is 2.25. The summed E-state index contributed by atoms with van der Waals surface area (Å²) in [4.78, 5) is 14.6. The van der Waals surface area contributed by atoms with Crippen LogP contribution in [0.5, 0.6) is 0 Å². The highest BCUT2D eigenvalue weighted by atomic mass is 16.5. The van der Waals surface area contributed by atoms with E-state index in [-0.39, 0.29) is 5.97 Å². The number of nitrogens with zero attached hydrogens (tertiary/aromatic N) is 1. The minimum atomic E-state index is -0.461. The zero-order valence-electron chi connectivity index (χ0n) is 12.3. The fourth-order valence-electron chi connectivity index (χ4n) is 2.50. The Hall–Kier alpha value is -0.610. The molecule has 1 atom stereocenters. The maximum atomic E-state index is 12.3. The summed E-state index contributed by atoms with van der Waals surface area (Å²) in [6, 6.07) is 0.350. The summed E-state index contributed by atoms with van der Waals surface area (Å²) in [5.41, 5.74) is -0.461. The Balaban J connectivity index is 2.72. The van der Waals surface area contributed by atoms with Gasteiger partial charge in [0.25, 0.3) is 0 Å². The van der Waals surface area contributed by atoms with Crippen molar-refractivity contribution in [2.24, 2.45) is 0 Å². The predicted octanol–water partition coefficient (Wildman–Crippen LogP) is 1.79. The topological polar surface area (TPSA) is 41.6 Å². The molecule has 0 aliphatic carbocycles. The number of likely N-dealkylation sites (tertiary alicyclic amines) is 1. The van der Waals surface area contributed by atoms with E-state index in [1.54, 1.807) is 0 Å². The largest absolute Gasteiger partial charge is 0.465 e. The fraction of sp³-hybridized carbons (Fsp3) is 0.929. The average Bonchev–Trinajstić information content (AvgIpc) is 2.39. The number of piperidine rings is 1. The van der Waals surface area contributed by atoms with E-state index < -0.39 is 5.54 Å². The molecule has 0 spiro atoms. The molecule has 0 bridgehead atoms. The third kappa shape index (κ3) is 3.69. The van der Waals surface area contributed by atoms with Gasteiger partial charge in [0.1, 0.15) is 5.54 Å². The Morgan fingerprint density at radius 1 is 1.33 bits per heavy atom. The van der Waals surface area contributed by atoms with Crippen LogP contribution in [0.2, 0.25) is 0 Å². The minimum absolute atomic E-state index is 0.0685. The maximum Gasteiger partial charge on any atom is 0.326 e. The number of esters is 1. The molecule has 1 fully saturated rings. The van der Waals surface area contributed by atoms with E-state index >= 15 is 0 Å². The summed E-state index contributed by atoms with van der Waals surface area (Å²) in [5.74, 6) is -0.0685. The lowest BCUT2D eigenvalue weighted by Crippen LogP contribution is -2.61. The molecule has 0 aromatic rings. The van der Waals surface area contributed by atoms with Crippen LogP contribution < -0.4 is 5.32 Å². The molecule has 0 aromatic heterocycles. The smallest absolute Gasteiger partial charge is 0.326 e. The Morgan fingerprint density at radius 2 is 1.94 bits per heavy atom. The summed E-state index contributed by atoms with van der Waals surface area (Å²) >= 11 is 0. The minimum Gasteiger partial charge on any atom is -0.465 e. The Kier molecular flexibility index (Phi) is 6.09. The van der Waals surface area contributed by atoms with Crippen molar-refractivity contribution in [1.29, 1.82) is 0 Å². The number of carbonyl (C=O) groups excluding carboxylic acids is 1. The molecular weight excluding hydrogens is 228 g/mol. The van der Waals surface area contributed by atoms with Crippen molar-refractivity contribution in [2.45, 2.75) is 58.5 Å². The summed E-state index contributed by atoms with van der Waals surface area (Å²) in [7, 11) is 0. The van der Waals surface area contributed by atoms with E-state index in [9.17, 15) is 4.79 Å². The summed E-state index contributed by atoms with van der Waals surface area (Å²) < 4.78 is 5.28. The Labute approximate surface area is 111 Å². The van der Waals surface area contributed by atoms with Crippen LogP contribution in [0.25, 0.3) is 0 Å². The van der Waals surface area contributed by atoms with Gasteiger partial charge in [-0.2, -0.15) is 0 Å². The van der Waals surface area contributed by atoms with Crippen LogP contribution in [0.1, 0.15) is 47.0 Å². The summed E-state index contributed by atoms with van der Waals surface area (Å²) in [5, 5.41) is 3.51. The predicted molar refractivity (Wildman–Crippen MR) is 73.6 cm³/mol. The maximum absolute atomic E-state index is 12.3. The first-order valence-corrected chi connectivity index (χ1v) is 7.25. The van der Waals surface area contributed by atoms with Crippen LogP contribution in [0.4, 0.5) is 0 Å². The van der Waals surface area contributed by atoms with Gasteiger partial charge in [0.2, 0.25) is 0 Å². The summed E-state index contributed by atoms with van der Waals surface area (Å²) in [6.45, 7) is 11.8. The van der Waals surface area contributed by atoms with Gasteiger partial charge in [-0.1, -0.05) is 13.8 Å². The van der Waals surface area contributed by atoms with Crippen molar-refractivity contribution in [3.63, 3.8) is 0 Å². The van der Waals surface area contributed by atoms with Gasteiger partial charge in [0.05, 0.1) is 6.61 Å². The molecule has 0 amide bonds. The van der Waals surface area contributed by atoms with Crippen LogP contribution in [-0.2, 0) is 9.53 Å². The van der Waals surface area contributed by atoms with Gasteiger partial charge in [-0.05, 0) is 39.7 Å². The first-order valence-electron chi connectivity index (χ1n) is 7.25. The van der Waals surface area contributed by atoms with E-state index in [1.807, 2.05) is 6.92 Å². The van der Waals surface area contributed by atoms with Gasteiger partial charge >= 0.3 is 5.97 Å². The zero-order chi connectivity index (χ0) is 13.6. The molecule has 0 saturated carbocycles. The van der Waals surface area contributed by atoms with E-state index in [0.717, 1.165) is 38.9 Å². The number of nitrogens with one attached hydrogen (secondary N) is 1. The van der Waals surface area contributed by atoms with Crippen molar-refractivity contribution >= 4 is 5.97 Å². The summed E-state index contributed by atoms with van der Waals surface area (Å²) in [6.07, 6.45) is 2.73. The average molecular weight is 256 g/mol. The van der Waals surface area contributed by atoms with Crippen molar-refractivity contribution in [3.05, 3.63) is 0 Å². The lowest BCUT2D eigenvalue weighted by molar-refractivity contribution is -0.154. The van der Waals surface area contributed by atoms with Crippen LogP contribution in [0, 0.1) is 0 Å². The molecule has 1 unspecified atom stereocenters. The second kappa shape index (κ2) is 7.10. The molecule has 4 nitrogen and oxygen atoms in total. The monoisotopic (exact) mass is 256 g/mol. The first kappa shape index (κ1) is 15.4. The second-order valence-electron chi connectivity index (χ2n) is 5.19. The molecule has 1 saturated heterocycles. The normalized spacial score (nSPS) is 21.6. The molecule has 1 aliphatic rings. The number of hydrogen-bond acceptors (Lipinski definition) is 4. The molecule has 0 radical (unpaired) electrons. The molecule has 0 aromatic carbocycles. The molecular formula is C14H28N2O2. The third-order valence-corrected chi connectivity index (χ3v) is 3.96. The first-order chi connectivity index (χ1) is 8.57. The Bertz CT molecular complexity index is 261. The molecule has 1 rings (SSSR count). The molecule has 106 valence electrons. The highest BCUT2D eigenvalue weighted by molar-refractivity contribution is 5.81. The van der Waals surface area contributed by atoms with Gasteiger partial charge in [-0.3, -0.25) is 10.1 Å². The number of rotatable bonds is 6. The van der Waals surface area contributed by atoms with Crippen molar-refractivity contribution in [3.8, 4) is 0 Å². The van der Waals surface area contributed by atoms with Crippen LogP contribution in [-0.4, -0.2) is 48.7 Å². The fourth-order valence-corrected chi connectivity index (χ4v) is 2.50. The van der Waals surface area contributed by atoms with Crippen molar-refractivity contribution < 1.29 is 9.53 Å². The van der Waals surface area contributed by atoms with Gasteiger partial charge in [-0.25, -0.2) is 0 Å². The van der Waals surface area contributed by atoms with Crippen molar-refractivity contribution in [1.82, 2.24) is 10.2 Å². The second-order valence-corrected chi connectivity index (χ2v) is 5.19. The van der Waals surface area contributed by atoms with Crippen LogP contribution in [0.15, 0.2) is 0 Å². The van der Waals surface area contributed by atoms with Gasteiger partial charge < -0.3 is 9.64 Å². The lowest BCUT2D eigenvalue weighted by atomic mass is 9.86. The third-order valence-electron chi connectivity index (χ3n) is 3.96.